The van der Waals surface area contributed by atoms with Crippen LogP contribution in [0.1, 0.15) is 31.4 Å². The molecule has 14 heteroatoms. The number of hydrogen-bond donors (Lipinski definition) is 0. The zero-order chi connectivity index (χ0) is 32.8. The fourth-order valence-electron chi connectivity index (χ4n) is 4.39. The molecule has 3 aromatic carbocycles. The molecule has 1 saturated heterocycles. The third-order valence-electron chi connectivity index (χ3n) is 6.87. The van der Waals surface area contributed by atoms with Crippen LogP contribution in [0.2, 0.25) is 0 Å². The van der Waals surface area contributed by atoms with Gasteiger partial charge in [0.25, 0.3) is 0 Å². The van der Waals surface area contributed by atoms with Crippen LogP contribution in [0.15, 0.2) is 78.0 Å². The number of ether oxygens (including phenoxy) is 3. The Morgan fingerprint density at radius 3 is 2.52 bits per heavy atom. The smallest absolute Gasteiger partial charge is 0.489 e. The summed E-state index contributed by atoms with van der Waals surface area (Å²) in [7, 11) is 0. The van der Waals surface area contributed by atoms with Crippen LogP contribution in [0.25, 0.3) is 17.1 Å². The predicted octanol–water partition coefficient (Wildman–Crippen LogP) is 7.13. The molecule has 5 rings (SSSR count). The first-order valence-corrected chi connectivity index (χ1v) is 15.3. The molecule has 10 nitrogen and oxygen atoms in total. The van der Waals surface area contributed by atoms with Crippen molar-refractivity contribution < 1.29 is 37.0 Å². The molecule has 0 N–H and O–H groups in total. The zero-order valence-corrected chi connectivity index (χ0v) is 26.0. The van der Waals surface area contributed by atoms with Gasteiger partial charge in [0.05, 0.1) is 29.8 Å². The normalized spacial score (nSPS) is 14.9. The van der Waals surface area contributed by atoms with E-state index >= 15 is 0 Å². The quantitative estimate of drug-likeness (QED) is 0.178. The van der Waals surface area contributed by atoms with Crippen molar-refractivity contribution >= 4 is 34.6 Å². The standard InChI is InChI=1S/C32H30F3N5O5S/c1-4-21(3)44-27-14-5-20(2)17-26(27)40-28(41)18-46-30(40)37-31(42)43-16-15-22-6-8-23(9-7-22)29-36-19-39(38-29)24-10-12-25(13-11-24)45-32(33,34)35/h5-14,17,19,21H,4,15-16,18H2,1-3H3/b37-30-. The second-order valence-electron chi connectivity index (χ2n) is 10.3. The van der Waals surface area contributed by atoms with E-state index in [1.165, 1.54) is 40.2 Å². The molecule has 1 fully saturated rings. The van der Waals surface area contributed by atoms with E-state index in [4.69, 9.17) is 9.47 Å². The number of aryl methyl sites for hydroxylation is 1. The summed E-state index contributed by atoms with van der Waals surface area (Å²) in [4.78, 5) is 35.2. The van der Waals surface area contributed by atoms with Gasteiger partial charge in [0, 0.05) is 12.0 Å². The first-order valence-electron chi connectivity index (χ1n) is 14.3. The van der Waals surface area contributed by atoms with Gasteiger partial charge in [-0.3, -0.25) is 9.69 Å². The van der Waals surface area contributed by atoms with E-state index in [1.807, 2.05) is 63.2 Å². The van der Waals surface area contributed by atoms with Crippen LogP contribution in [0.4, 0.5) is 23.7 Å². The summed E-state index contributed by atoms with van der Waals surface area (Å²) in [6, 6.07) is 18.2. The van der Waals surface area contributed by atoms with Crippen molar-refractivity contribution in [1.29, 1.82) is 0 Å². The minimum Gasteiger partial charge on any atom is -0.489 e. The van der Waals surface area contributed by atoms with E-state index in [0.717, 1.165) is 34.9 Å². The Bertz CT molecular complexity index is 1730. The molecule has 0 aliphatic carbocycles. The largest absolute Gasteiger partial charge is 0.573 e. The molecule has 4 aromatic rings. The molecule has 46 heavy (non-hydrogen) atoms. The summed E-state index contributed by atoms with van der Waals surface area (Å²) in [5.74, 6) is 0.567. The van der Waals surface area contributed by atoms with Gasteiger partial charge in [-0.15, -0.1) is 18.3 Å². The SMILES string of the molecule is CCC(C)Oc1ccc(C)cc1N1C(=O)CS/C1=N\C(=O)OCCc1ccc(-c2ncn(-c3ccc(OC(F)(F)F)cc3)n2)cc1. The number of amidine groups is 1. The summed E-state index contributed by atoms with van der Waals surface area (Å²) in [6.07, 6.45) is -2.96. The summed E-state index contributed by atoms with van der Waals surface area (Å²) in [6.45, 7) is 5.93. The number of thioether (sulfide) groups is 1. The van der Waals surface area contributed by atoms with E-state index in [9.17, 15) is 22.8 Å². The highest BCUT2D eigenvalue weighted by Crippen LogP contribution is 2.36. The van der Waals surface area contributed by atoms with Gasteiger partial charge in [0.2, 0.25) is 5.91 Å². The van der Waals surface area contributed by atoms with Gasteiger partial charge in [0.1, 0.15) is 17.8 Å². The molecular weight excluding hydrogens is 623 g/mol. The molecule has 1 aliphatic rings. The molecular formula is C32H30F3N5O5S. The van der Waals surface area contributed by atoms with Crippen LogP contribution in [0, 0.1) is 6.92 Å². The van der Waals surface area contributed by atoms with Crippen LogP contribution < -0.4 is 14.4 Å². The first-order chi connectivity index (χ1) is 22.0. The van der Waals surface area contributed by atoms with Crippen molar-refractivity contribution in [3.05, 3.63) is 84.2 Å². The Morgan fingerprint density at radius 2 is 1.83 bits per heavy atom. The predicted molar refractivity (Wildman–Crippen MR) is 167 cm³/mol. The topological polar surface area (TPSA) is 108 Å². The number of aliphatic imine (C=N–C) groups is 1. The van der Waals surface area contributed by atoms with Crippen LogP contribution in [-0.2, 0) is 16.0 Å². The number of carbonyl (C=O) groups excluding carboxylic acids is 2. The third-order valence-corrected chi connectivity index (χ3v) is 7.79. The van der Waals surface area contributed by atoms with Gasteiger partial charge >= 0.3 is 12.5 Å². The fourth-order valence-corrected chi connectivity index (χ4v) is 5.24. The Balaban J connectivity index is 1.17. The van der Waals surface area contributed by atoms with E-state index in [1.54, 1.807) is 0 Å². The first kappa shape index (κ1) is 32.5. The van der Waals surface area contributed by atoms with Gasteiger partial charge in [-0.1, -0.05) is 49.0 Å². The van der Waals surface area contributed by atoms with Crippen LogP contribution >= 0.6 is 11.8 Å². The fraction of sp³-hybridized carbons (Fsp3) is 0.281. The average molecular weight is 654 g/mol. The van der Waals surface area contributed by atoms with Crippen molar-refractivity contribution in [3.8, 4) is 28.6 Å². The Hall–Kier alpha value is -4.85. The second-order valence-corrected chi connectivity index (χ2v) is 11.3. The third kappa shape index (κ3) is 8.24. The molecule has 1 unspecified atom stereocenters. The number of rotatable bonds is 10. The molecule has 0 saturated carbocycles. The number of carbonyl (C=O) groups is 2. The highest BCUT2D eigenvalue weighted by atomic mass is 32.2. The lowest BCUT2D eigenvalue weighted by Crippen LogP contribution is -2.31. The highest BCUT2D eigenvalue weighted by molar-refractivity contribution is 8.15. The van der Waals surface area contributed by atoms with Crippen molar-refractivity contribution in [3.63, 3.8) is 0 Å². The summed E-state index contributed by atoms with van der Waals surface area (Å²) in [5.41, 5.74) is 3.59. The molecule has 0 spiro atoms. The molecule has 0 bridgehead atoms. The van der Waals surface area contributed by atoms with Crippen LogP contribution in [0.5, 0.6) is 11.5 Å². The molecule has 0 radical (unpaired) electrons. The summed E-state index contributed by atoms with van der Waals surface area (Å²) < 4.78 is 54.0. The van der Waals surface area contributed by atoms with Gasteiger partial charge < -0.3 is 14.2 Å². The Morgan fingerprint density at radius 1 is 1.09 bits per heavy atom. The Kier molecular flexibility index (Phi) is 9.95. The number of anilines is 1. The van der Waals surface area contributed by atoms with Gasteiger partial charge in [0.15, 0.2) is 11.0 Å². The number of amides is 2. The number of nitrogens with zero attached hydrogens (tertiary/aromatic N) is 5. The number of benzene rings is 3. The maximum atomic E-state index is 12.8. The minimum atomic E-state index is -4.77. The average Bonchev–Trinajstić information content (AvgIpc) is 3.65. The van der Waals surface area contributed by atoms with E-state index < -0.39 is 12.5 Å². The maximum Gasteiger partial charge on any atom is 0.573 e. The molecule has 2 amide bonds. The number of alkyl halides is 3. The lowest BCUT2D eigenvalue weighted by molar-refractivity contribution is -0.274. The molecule has 1 aromatic heterocycles. The molecule has 2 heterocycles. The minimum absolute atomic E-state index is 0.0592. The summed E-state index contributed by atoms with van der Waals surface area (Å²) in [5, 5.41) is 4.63. The highest BCUT2D eigenvalue weighted by Gasteiger charge is 2.33. The second kappa shape index (κ2) is 14.1. The molecule has 240 valence electrons. The Labute approximate surface area is 267 Å². The van der Waals surface area contributed by atoms with Crippen LogP contribution in [0.3, 0.4) is 0 Å². The van der Waals surface area contributed by atoms with Gasteiger partial charge in [-0.2, -0.15) is 4.99 Å². The van der Waals surface area contributed by atoms with Crippen molar-refractivity contribution in [2.45, 2.75) is 46.1 Å². The lowest BCUT2D eigenvalue weighted by atomic mass is 10.1. The lowest BCUT2D eigenvalue weighted by Gasteiger charge is -2.22. The zero-order valence-electron chi connectivity index (χ0n) is 25.2. The van der Waals surface area contributed by atoms with Crippen molar-refractivity contribution in [2.75, 3.05) is 17.3 Å². The van der Waals surface area contributed by atoms with Crippen molar-refractivity contribution in [2.24, 2.45) is 4.99 Å². The van der Waals surface area contributed by atoms with Gasteiger partial charge in [-0.25, -0.2) is 14.5 Å². The monoisotopic (exact) mass is 653 g/mol. The number of aromatic nitrogens is 3. The van der Waals surface area contributed by atoms with E-state index in [2.05, 4.69) is 19.8 Å². The molecule has 1 aliphatic heterocycles. The molecule has 1 atom stereocenters. The number of hydrogen-bond acceptors (Lipinski definition) is 8. The maximum absolute atomic E-state index is 12.8. The van der Waals surface area contributed by atoms with Gasteiger partial charge in [-0.05, 0) is 67.8 Å². The number of halogens is 3. The van der Waals surface area contributed by atoms with Crippen LogP contribution in [-0.4, -0.2) is 56.8 Å². The summed E-state index contributed by atoms with van der Waals surface area (Å²) >= 11 is 1.16. The van der Waals surface area contributed by atoms with E-state index in [0.29, 0.717) is 29.4 Å². The van der Waals surface area contributed by atoms with Crippen molar-refractivity contribution in [1.82, 2.24) is 14.8 Å². The van der Waals surface area contributed by atoms with E-state index in [-0.39, 0.29) is 35.3 Å².